The lowest BCUT2D eigenvalue weighted by atomic mass is 10.2. The molecule has 0 radical (unpaired) electrons. The fourth-order valence-electron chi connectivity index (χ4n) is 2.26. The topological polar surface area (TPSA) is 53.1 Å². The van der Waals surface area contributed by atoms with E-state index in [4.69, 9.17) is 16.9 Å². The molecule has 2 heterocycles. The molecule has 1 N–H and O–H groups in total. The Bertz CT molecular complexity index is 857. The van der Waals surface area contributed by atoms with Crippen LogP contribution in [0.2, 0.25) is 5.02 Å². The summed E-state index contributed by atoms with van der Waals surface area (Å²) in [6.45, 7) is 4.66. The van der Waals surface area contributed by atoms with Gasteiger partial charge in [0.15, 0.2) is 4.96 Å². The predicted octanol–water partition coefficient (Wildman–Crippen LogP) is 4.15. The Morgan fingerprint density at radius 1 is 1.43 bits per heavy atom. The molecule has 21 heavy (non-hydrogen) atoms. The SMILES string of the molecule is Cc1cn2c(CNc3cc(Cl)ccc3C#N)c(C)nc2s1. The Hall–Kier alpha value is -2.03. The number of benzene rings is 1. The number of imidazole rings is 1. The number of nitrogens with zero attached hydrogens (tertiary/aromatic N) is 3. The van der Waals surface area contributed by atoms with Crippen LogP contribution in [0.1, 0.15) is 21.8 Å². The van der Waals surface area contributed by atoms with Crippen molar-refractivity contribution in [1.82, 2.24) is 9.38 Å². The van der Waals surface area contributed by atoms with Gasteiger partial charge >= 0.3 is 0 Å². The van der Waals surface area contributed by atoms with Crippen LogP contribution in [0.25, 0.3) is 4.96 Å². The molecule has 0 atom stereocenters. The van der Waals surface area contributed by atoms with Crippen molar-refractivity contribution in [3.8, 4) is 6.07 Å². The molecule has 0 aliphatic heterocycles. The quantitative estimate of drug-likeness (QED) is 0.789. The smallest absolute Gasteiger partial charge is 0.194 e. The number of nitrogens with one attached hydrogen (secondary N) is 1. The number of fused-ring (bicyclic) bond motifs is 1. The number of aromatic nitrogens is 2. The number of aryl methyl sites for hydroxylation is 2. The van der Waals surface area contributed by atoms with E-state index in [9.17, 15) is 0 Å². The average molecular weight is 317 g/mol. The third-order valence-corrected chi connectivity index (χ3v) is 4.42. The molecule has 3 aromatic rings. The van der Waals surface area contributed by atoms with Crippen LogP contribution in [0.5, 0.6) is 0 Å². The van der Waals surface area contributed by atoms with Gasteiger partial charge in [-0.25, -0.2) is 4.98 Å². The van der Waals surface area contributed by atoms with Crippen LogP contribution in [0, 0.1) is 25.2 Å². The molecule has 4 nitrogen and oxygen atoms in total. The Kier molecular flexibility index (Phi) is 3.58. The molecule has 0 spiro atoms. The third kappa shape index (κ3) is 2.60. The fraction of sp³-hybridized carbons (Fsp3) is 0.200. The van der Waals surface area contributed by atoms with Gasteiger partial charge in [-0.2, -0.15) is 5.26 Å². The van der Waals surface area contributed by atoms with Crippen molar-refractivity contribution in [3.05, 3.63) is 51.2 Å². The monoisotopic (exact) mass is 316 g/mol. The van der Waals surface area contributed by atoms with E-state index in [0.717, 1.165) is 22.0 Å². The first kappa shape index (κ1) is 13.9. The molecular weight excluding hydrogens is 304 g/mol. The molecule has 106 valence electrons. The number of halogens is 1. The van der Waals surface area contributed by atoms with Gasteiger partial charge in [0.05, 0.1) is 29.2 Å². The second-order valence-electron chi connectivity index (χ2n) is 4.79. The van der Waals surface area contributed by atoms with Crippen molar-refractivity contribution in [1.29, 1.82) is 5.26 Å². The van der Waals surface area contributed by atoms with Crippen LogP contribution in [0.4, 0.5) is 5.69 Å². The Labute approximate surface area is 131 Å². The average Bonchev–Trinajstić information content (AvgIpc) is 2.92. The molecule has 6 heteroatoms. The molecule has 0 aliphatic carbocycles. The first-order valence-electron chi connectivity index (χ1n) is 6.46. The molecule has 0 saturated heterocycles. The standard InChI is InChI=1S/C15H13ClN4S/c1-9-8-20-14(10(2)19-15(20)21-9)7-18-13-5-12(16)4-3-11(13)6-17/h3-5,8,18H,7H2,1-2H3. The molecule has 0 aliphatic rings. The van der Waals surface area contributed by atoms with E-state index in [1.165, 1.54) is 4.88 Å². The fourth-order valence-corrected chi connectivity index (χ4v) is 3.32. The van der Waals surface area contributed by atoms with Gasteiger partial charge in [-0.05, 0) is 32.0 Å². The second-order valence-corrected chi connectivity index (χ2v) is 6.44. The summed E-state index contributed by atoms with van der Waals surface area (Å²) in [5, 5.41) is 13.0. The zero-order valence-corrected chi connectivity index (χ0v) is 13.2. The van der Waals surface area contributed by atoms with E-state index in [2.05, 4.69) is 33.9 Å². The summed E-state index contributed by atoms with van der Waals surface area (Å²) >= 11 is 7.67. The molecule has 1 aromatic carbocycles. The highest BCUT2D eigenvalue weighted by Gasteiger charge is 2.11. The summed E-state index contributed by atoms with van der Waals surface area (Å²) in [4.78, 5) is 6.77. The Morgan fingerprint density at radius 3 is 3.00 bits per heavy atom. The summed E-state index contributed by atoms with van der Waals surface area (Å²) in [7, 11) is 0. The Balaban J connectivity index is 1.92. The lowest BCUT2D eigenvalue weighted by Crippen LogP contribution is -2.05. The van der Waals surface area contributed by atoms with E-state index in [-0.39, 0.29) is 0 Å². The zero-order chi connectivity index (χ0) is 15.0. The van der Waals surface area contributed by atoms with Gasteiger partial charge in [0.2, 0.25) is 0 Å². The van der Waals surface area contributed by atoms with Crippen LogP contribution in [0.15, 0.2) is 24.4 Å². The van der Waals surface area contributed by atoms with Crippen molar-refractivity contribution in [3.63, 3.8) is 0 Å². The lowest BCUT2D eigenvalue weighted by molar-refractivity contribution is 0.991. The van der Waals surface area contributed by atoms with Crippen LogP contribution in [-0.2, 0) is 6.54 Å². The lowest BCUT2D eigenvalue weighted by Gasteiger charge is -2.09. The van der Waals surface area contributed by atoms with E-state index in [1.807, 2.05) is 6.92 Å². The molecular formula is C15H13ClN4S. The van der Waals surface area contributed by atoms with Gasteiger partial charge in [0, 0.05) is 16.1 Å². The molecule has 0 amide bonds. The molecule has 0 fully saturated rings. The van der Waals surface area contributed by atoms with Gasteiger partial charge in [-0.1, -0.05) is 11.6 Å². The summed E-state index contributed by atoms with van der Waals surface area (Å²) in [5.74, 6) is 0. The minimum atomic E-state index is 0.583. The number of hydrogen-bond acceptors (Lipinski definition) is 4. The molecule has 0 bridgehead atoms. The number of rotatable bonds is 3. The summed E-state index contributed by atoms with van der Waals surface area (Å²) in [5.41, 5.74) is 3.41. The van der Waals surface area contributed by atoms with E-state index in [0.29, 0.717) is 17.1 Å². The van der Waals surface area contributed by atoms with Crippen molar-refractivity contribution < 1.29 is 0 Å². The van der Waals surface area contributed by atoms with Gasteiger partial charge in [0.25, 0.3) is 0 Å². The minimum absolute atomic E-state index is 0.583. The molecule has 3 rings (SSSR count). The maximum absolute atomic E-state index is 9.15. The van der Waals surface area contributed by atoms with Crippen LogP contribution in [0.3, 0.4) is 0 Å². The second kappa shape index (κ2) is 5.40. The van der Waals surface area contributed by atoms with E-state index in [1.54, 1.807) is 29.5 Å². The van der Waals surface area contributed by atoms with Crippen LogP contribution >= 0.6 is 22.9 Å². The van der Waals surface area contributed by atoms with E-state index >= 15 is 0 Å². The highest BCUT2D eigenvalue weighted by atomic mass is 35.5. The zero-order valence-electron chi connectivity index (χ0n) is 11.6. The molecule has 2 aromatic heterocycles. The summed E-state index contributed by atoms with van der Waals surface area (Å²) in [6, 6.07) is 7.38. The van der Waals surface area contributed by atoms with Gasteiger partial charge in [-0.3, -0.25) is 4.40 Å². The number of nitriles is 1. The van der Waals surface area contributed by atoms with Crippen molar-refractivity contribution in [2.45, 2.75) is 20.4 Å². The minimum Gasteiger partial charge on any atom is -0.378 e. The van der Waals surface area contributed by atoms with Gasteiger partial charge in [-0.15, -0.1) is 11.3 Å². The van der Waals surface area contributed by atoms with Crippen LogP contribution < -0.4 is 5.32 Å². The predicted molar refractivity (Wildman–Crippen MR) is 86.0 cm³/mol. The highest BCUT2D eigenvalue weighted by molar-refractivity contribution is 7.17. The molecule has 0 saturated carbocycles. The van der Waals surface area contributed by atoms with E-state index < -0.39 is 0 Å². The number of thiazole rings is 1. The van der Waals surface area contributed by atoms with Crippen molar-refractivity contribution >= 4 is 33.6 Å². The first-order chi connectivity index (χ1) is 10.1. The van der Waals surface area contributed by atoms with Gasteiger partial charge < -0.3 is 5.32 Å². The normalized spacial score (nSPS) is 10.8. The number of hydrogen-bond donors (Lipinski definition) is 1. The third-order valence-electron chi connectivity index (χ3n) is 3.29. The van der Waals surface area contributed by atoms with Crippen molar-refractivity contribution in [2.24, 2.45) is 0 Å². The van der Waals surface area contributed by atoms with Crippen LogP contribution in [-0.4, -0.2) is 9.38 Å². The summed E-state index contributed by atoms with van der Waals surface area (Å²) < 4.78 is 2.10. The number of anilines is 1. The largest absolute Gasteiger partial charge is 0.378 e. The maximum atomic E-state index is 9.15. The molecule has 0 unspecified atom stereocenters. The summed E-state index contributed by atoms with van der Waals surface area (Å²) in [6.07, 6.45) is 2.08. The highest BCUT2D eigenvalue weighted by Crippen LogP contribution is 2.24. The first-order valence-corrected chi connectivity index (χ1v) is 7.65. The van der Waals surface area contributed by atoms with Crippen molar-refractivity contribution in [2.75, 3.05) is 5.32 Å². The van der Waals surface area contributed by atoms with Gasteiger partial charge in [0.1, 0.15) is 6.07 Å². The maximum Gasteiger partial charge on any atom is 0.194 e. The Morgan fingerprint density at radius 2 is 2.24 bits per heavy atom.